The first-order valence-electron chi connectivity index (χ1n) is 4.36. The molecule has 0 bridgehead atoms. The van der Waals surface area contributed by atoms with Gasteiger partial charge >= 0.3 is 5.97 Å². The molecule has 0 aliphatic carbocycles. The molecule has 1 N–H and O–H groups in total. The number of carboxylic acid groups (broad SMARTS) is 1. The standard InChI is InChI=1S/C10H12O2/c1-7(2)8-3-5-9(6-4-8)10(11)12/h3-7H,1-2H3,(H,11,12)/i5D. The molecule has 1 aromatic carbocycles. The van der Waals surface area contributed by atoms with Crippen molar-refractivity contribution in [3.05, 3.63) is 35.4 Å². The smallest absolute Gasteiger partial charge is 0.335 e. The maximum Gasteiger partial charge on any atom is 0.335 e. The van der Waals surface area contributed by atoms with Crippen molar-refractivity contribution in [3.63, 3.8) is 0 Å². The first-order chi connectivity index (χ1) is 6.02. The van der Waals surface area contributed by atoms with Crippen molar-refractivity contribution in [3.8, 4) is 0 Å². The van der Waals surface area contributed by atoms with Crippen LogP contribution < -0.4 is 0 Å². The quantitative estimate of drug-likeness (QED) is 0.731. The summed E-state index contributed by atoms with van der Waals surface area (Å²) in [4.78, 5) is 10.6. The number of benzene rings is 1. The van der Waals surface area contributed by atoms with Crippen molar-refractivity contribution in [2.75, 3.05) is 0 Å². The number of carboxylic acids is 1. The van der Waals surface area contributed by atoms with Crippen LogP contribution in [0.25, 0.3) is 0 Å². The molecule has 1 aromatic rings. The maximum absolute atomic E-state index is 10.6. The van der Waals surface area contributed by atoms with Crippen molar-refractivity contribution >= 4 is 5.97 Å². The van der Waals surface area contributed by atoms with Crippen LogP contribution in [0.15, 0.2) is 24.2 Å². The van der Waals surface area contributed by atoms with E-state index in [0.29, 0.717) is 5.92 Å². The Bertz CT molecular complexity index is 332. The minimum absolute atomic E-state index is 0.0596. The second-order valence-electron chi connectivity index (χ2n) is 3.00. The van der Waals surface area contributed by atoms with Crippen LogP contribution in [0, 0.1) is 0 Å². The van der Waals surface area contributed by atoms with Gasteiger partial charge < -0.3 is 5.11 Å². The van der Waals surface area contributed by atoms with E-state index in [0.717, 1.165) is 5.56 Å². The van der Waals surface area contributed by atoms with E-state index in [1.54, 1.807) is 12.1 Å². The minimum Gasteiger partial charge on any atom is -0.478 e. The molecular weight excluding hydrogens is 152 g/mol. The summed E-state index contributed by atoms with van der Waals surface area (Å²) < 4.78 is 7.45. The molecule has 64 valence electrons. The monoisotopic (exact) mass is 165 g/mol. The summed E-state index contributed by atoms with van der Waals surface area (Å²) >= 11 is 0. The van der Waals surface area contributed by atoms with E-state index in [-0.39, 0.29) is 11.6 Å². The molecule has 2 heteroatoms. The van der Waals surface area contributed by atoms with Gasteiger partial charge in [0.05, 0.1) is 6.93 Å². The van der Waals surface area contributed by atoms with Crippen molar-refractivity contribution < 1.29 is 11.3 Å². The molecule has 1 rings (SSSR count). The van der Waals surface area contributed by atoms with Crippen LogP contribution in [-0.2, 0) is 0 Å². The van der Waals surface area contributed by atoms with E-state index >= 15 is 0 Å². The highest BCUT2D eigenvalue weighted by molar-refractivity contribution is 5.87. The average molecular weight is 165 g/mol. The molecule has 0 aromatic heterocycles. The Morgan fingerprint density at radius 3 is 2.58 bits per heavy atom. The summed E-state index contributed by atoms with van der Waals surface area (Å²) in [6, 6.07) is 4.93. The van der Waals surface area contributed by atoms with Gasteiger partial charge in [-0.2, -0.15) is 0 Å². The van der Waals surface area contributed by atoms with Crippen LogP contribution in [0.3, 0.4) is 0 Å². The number of carbonyl (C=O) groups is 1. The van der Waals surface area contributed by atoms with Gasteiger partial charge in [-0.05, 0) is 23.6 Å². The van der Waals surface area contributed by atoms with Crippen molar-refractivity contribution in [1.29, 1.82) is 0 Å². The SMILES string of the molecule is [2H]c1cc(C(C)C)ccc1C(=O)O. The minimum atomic E-state index is -1.04. The molecule has 0 radical (unpaired) electrons. The first-order valence-corrected chi connectivity index (χ1v) is 3.86. The molecule has 0 fully saturated rings. The Kier molecular flexibility index (Phi) is 2.08. The van der Waals surface area contributed by atoms with Crippen molar-refractivity contribution in [1.82, 2.24) is 0 Å². The Balaban J connectivity index is 3.13. The van der Waals surface area contributed by atoms with Gasteiger partial charge in [0.15, 0.2) is 0 Å². The van der Waals surface area contributed by atoms with E-state index in [1.807, 2.05) is 13.8 Å². The largest absolute Gasteiger partial charge is 0.478 e. The topological polar surface area (TPSA) is 37.3 Å². The second-order valence-corrected chi connectivity index (χ2v) is 3.00. The predicted octanol–water partition coefficient (Wildman–Crippen LogP) is 2.51. The summed E-state index contributed by atoms with van der Waals surface area (Å²) in [6.07, 6.45) is 0. The fraction of sp³-hybridized carbons (Fsp3) is 0.300. The van der Waals surface area contributed by atoms with Gasteiger partial charge in [0.1, 0.15) is 0 Å². The molecule has 12 heavy (non-hydrogen) atoms. The Morgan fingerprint density at radius 2 is 2.17 bits per heavy atom. The lowest BCUT2D eigenvalue weighted by atomic mass is 10.0. The van der Waals surface area contributed by atoms with Gasteiger partial charge in [-0.1, -0.05) is 26.0 Å². The lowest BCUT2D eigenvalue weighted by molar-refractivity contribution is 0.0697. The molecule has 0 saturated heterocycles. The Morgan fingerprint density at radius 1 is 1.50 bits per heavy atom. The fourth-order valence-corrected chi connectivity index (χ4v) is 0.929. The van der Waals surface area contributed by atoms with Crippen LogP contribution >= 0.6 is 0 Å². The predicted molar refractivity (Wildman–Crippen MR) is 47.5 cm³/mol. The van der Waals surface area contributed by atoms with Gasteiger partial charge in [0.25, 0.3) is 0 Å². The molecule has 0 amide bonds. The average Bonchev–Trinajstić information content (AvgIpc) is 2.03. The van der Waals surface area contributed by atoms with Crippen LogP contribution in [0.1, 0.15) is 37.1 Å². The van der Waals surface area contributed by atoms with Crippen LogP contribution in [0.2, 0.25) is 0 Å². The Hall–Kier alpha value is -1.31. The molecule has 0 heterocycles. The van der Waals surface area contributed by atoms with E-state index < -0.39 is 5.97 Å². The van der Waals surface area contributed by atoms with Crippen LogP contribution in [-0.4, -0.2) is 11.1 Å². The van der Waals surface area contributed by atoms with E-state index in [2.05, 4.69) is 0 Å². The highest BCUT2D eigenvalue weighted by Gasteiger charge is 2.02. The molecule has 0 saturated carbocycles. The summed E-state index contributed by atoms with van der Waals surface area (Å²) in [7, 11) is 0. The first kappa shape index (κ1) is 7.35. The highest BCUT2D eigenvalue weighted by atomic mass is 16.4. The number of aromatic carboxylic acids is 1. The number of hydrogen-bond acceptors (Lipinski definition) is 1. The van der Waals surface area contributed by atoms with E-state index in [1.165, 1.54) is 6.07 Å². The molecular formula is C10H12O2. The third-order valence-electron chi connectivity index (χ3n) is 1.73. The molecule has 0 atom stereocenters. The Labute approximate surface area is 73.3 Å². The second kappa shape index (κ2) is 3.39. The van der Waals surface area contributed by atoms with Gasteiger partial charge in [-0.15, -0.1) is 0 Å². The van der Waals surface area contributed by atoms with Gasteiger partial charge in [0, 0.05) is 0 Å². The lowest BCUT2D eigenvalue weighted by Crippen LogP contribution is -1.96. The summed E-state index contributed by atoms with van der Waals surface area (Å²) in [6.45, 7) is 4.02. The third kappa shape index (κ3) is 1.84. The molecule has 0 spiro atoms. The molecule has 0 aliphatic rings. The summed E-state index contributed by atoms with van der Waals surface area (Å²) in [5.74, 6) is -0.716. The zero-order chi connectivity index (χ0) is 10.0. The number of rotatable bonds is 2. The lowest BCUT2D eigenvalue weighted by Gasteiger charge is -2.04. The van der Waals surface area contributed by atoms with E-state index in [9.17, 15) is 4.79 Å². The molecule has 2 nitrogen and oxygen atoms in total. The molecule has 0 aliphatic heterocycles. The zero-order valence-electron chi connectivity index (χ0n) is 8.16. The van der Waals surface area contributed by atoms with Crippen LogP contribution in [0.5, 0.6) is 0 Å². The van der Waals surface area contributed by atoms with E-state index in [4.69, 9.17) is 6.48 Å². The van der Waals surface area contributed by atoms with Gasteiger partial charge in [-0.25, -0.2) is 4.79 Å². The van der Waals surface area contributed by atoms with Crippen LogP contribution in [0.4, 0.5) is 0 Å². The van der Waals surface area contributed by atoms with Gasteiger partial charge in [-0.3, -0.25) is 0 Å². The maximum atomic E-state index is 10.6. The highest BCUT2D eigenvalue weighted by Crippen LogP contribution is 2.14. The normalized spacial score (nSPS) is 11.4. The summed E-state index contributed by atoms with van der Waals surface area (Å²) in [5.41, 5.74) is 1.06. The summed E-state index contributed by atoms with van der Waals surface area (Å²) in [5, 5.41) is 8.68. The van der Waals surface area contributed by atoms with Crippen molar-refractivity contribution in [2.45, 2.75) is 19.8 Å². The molecule has 0 unspecified atom stereocenters. The zero-order valence-corrected chi connectivity index (χ0v) is 7.16. The third-order valence-corrected chi connectivity index (χ3v) is 1.73. The number of hydrogen-bond donors (Lipinski definition) is 1. The fourth-order valence-electron chi connectivity index (χ4n) is 0.929. The van der Waals surface area contributed by atoms with Gasteiger partial charge in [0.2, 0.25) is 0 Å². The van der Waals surface area contributed by atoms with Crippen molar-refractivity contribution in [2.24, 2.45) is 0 Å².